The van der Waals surface area contributed by atoms with E-state index in [0.29, 0.717) is 17.9 Å². The van der Waals surface area contributed by atoms with Gasteiger partial charge in [-0.25, -0.2) is 17.6 Å². The molecule has 0 aliphatic rings. The summed E-state index contributed by atoms with van der Waals surface area (Å²) < 4.78 is 43.5. The Hall–Kier alpha value is -3.92. The zero-order chi connectivity index (χ0) is 24.3. The van der Waals surface area contributed by atoms with Gasteiger partial charge in [0.25, 0.3) is 10.0 Å². The van der Waals surface area contributed by atoms with Crippen LogP contribution in [0, 0.1) is 5.82 Å². The van der Waals surface area contributed by atoms with Crippen molar-refractivity contribution >= 4 is 38.3 Å². The van der Waals surface area contributed by atoms with Crippen LogP contribution in [0.4, 0.5) is 15.8 Å². The number of halogens is 1. The van der Waals surface area contributed by atoms with E-state index in [2.05, 4.69) is 10.0 Å². The molecule has 10 heteroatoms. The fraction of sp³-hybridized carbons (Fsp3) is 0.167. The number of carbonyl (C=O) groups excluding carboxylic acids is 1. The van der Waals surface area contributed by atoms with Crippen molar-refractivity contribution in [3.8, 4) is 0 Å². The van der Waals surface area contributed by atoms with Crippen molar-refractivity contribution in [3.63, 3.8) is 0 Å². The monoisotopic (exact) mass is 482 g/mol. The summed E-state index contributed by atoms with van der Waals surface area (Å²) in [6.45, 7) is 2.66. The van der Waals surface area contributed by atoms with Crippen LogP contribution < -0.4 is 15.7 Å². The lowest BCUT2D eigenvalue weighted by molar-refractivity contribution is -0.116. The van der Waals surface area contributed by atoms with E-state index >= 15 is 0 Å². The molecule has 2 N–H and O–H groups in total. The Morgan fingerprint density at radius 1 is 0.882 bits per heavy atom. The van der Waals surface area contributed by atoms with Gasteiger partial charge in [0.1, 0.15) is 5.82 Å². The molecule has 4 rings (SSSR count). The molecule has 0 aliphatic carbocycles. The number of nitrogens with zero attached hydrogens (tertiary/aromatic N) is 2. The van der Waals surface area contributed by atoms with Crippen LogP contribution in [0.25, 0.3) is 11.0 Å². The van der Waals surface area contributed by atoms with Crippen LogP contribution in [0.2, 0.25) is 0 Å². The first-order valence-corrected chi connectivity index (χ1v) is 12.1. The number of para-hydroxylation sites is 2. The smallest absolute Gasteiger partial charge is 0.326 e. The molecule has 0 bridgehead atoms. The van der Waals surface area contributed by atoms with Gasteiger partial charge in [-0.05, 0) is 67.6 Å². The highest BCUT2D eigenvalue weighted by Crippen LogP contribution is 2.19. The molecule has 1 amide bonds. The summed E-state index contributed by atoms with van der Waals surface area (Å²) in [4.78, 5) is 25.1. The zero-order valence-corrected chi connectivity index (χ0v) is 19.2. The number of anilines is 2. The van der Waals surface area contributed by atoms with Crippen molar-refractivity contribution in [2.75, 3.05) is 10.0 Å². The molecule has 0 aliphatic heterocycles. The fourth-order valence-corrected chi connectivity index (χ4v) is 4.74. The van der Waals surface area contributed by atoms with Gasteiger partial charge in [0.2, 0.25) is 5.91 Å². The first kappa shape index (κ1) is 23.2. The van der Waals surface area contributed by atoms with Crippen LogP contribution in [-0.2, 0) is 27.9 Å². The average Bonchev–Trinajstić information content (AvgIpc) is 3.09. The maximum Gasteiger partial charge on any atom is 0.329 e. The third kappa shape index (κ3) is 4.86. The van der Waals surface area contributed by atoms with E-state index in [0.717, 1.165) is 23.2 Å². The number of hydrogen-bond acceptors (Lipinski definition) is 4. The summed E-state index contributed by atoms with van der Waals surface area (Å²) in [5.74, 6) is -0.806. The normalized spacial score (nSPS) is 11.5. The predicted octanol–water partition coefficient (Wildman–Crippen LogP) is 3.79. The van der Waals surface area contributed by atoms with Gasteiger partial charge in [0.05, 0.1) is 15.9 Å². The van der Waals surface area contributed by atoms with Gasteiger partial charge in [-0.3, -0.25) is 18.7 Å². The maximum atomic E-state index is 13.0. The van der Waals surface area contributed by atoms with Crippen LogP contribution in [0.15, 0.2) is 82.5 Å². The highest BCUT2D eigenvalue weighted by atomic mass is 32.2. The third-order valence-corrected chi connectivity index (χ3v) is 6.75. The van der Waals surface area contributed by atoms with Gasteiger partial charge < -0.3 is 5.32 Å². The first-order chi connectivity index (χ1) is 16.3. The van der Waals surface area contributed by atoms with E-state index in [1.165, 1.54) is 24.3 Å². The molecule has 4 aromatic rings. The van der Waals surface area contributed by atoms with Crippen LogP contribution in [0.1, 0.15) is 13.3 Å². The number of amides is 1. The molecule has 0 saturated heterocycles. The van der Waals surface area contributed by atoms with Crippen molar-refractivity contribution in [2.45, 2.75) is 31.3 Å². The van der Waals surface area contributed by atoms with E-state index in [1.54, 1.807) is 21.3 Å². The number of fused-ring (bicyclic) bond motifs is 1. The van der Waals surface area contributed by atoms with Crippen LogP contribution in [-0.4, -0.2) is 23.5 Å². The van der Waals surface area contributed by atoms with E-state index in [1.807, 2.05) is 31.2 Å². The predicted molar refractivity (Wildman–Crippen MR) is 129 cm³/mol. The van der Waals surface area contributed by atoms with Crippen LogP contribution in [0.5, 0.6) is 0 Å². The number of benzene rings is 3. The SMILES string of the molecule is CCn1c(=O)n(CCC(=O)Nc2ccc(NS(=O)(=O)c3ccc(F)cc3)cc2)c2ccccc21. The Morgan fingerprint density at radius 3 is 2.09 bits per heavy atom. The molecule has 176 valence electrons. The number of aromatic nitrogens is 2. The molecule has 0 radical (unpaired) electrons. The number of nitrogens with one attached hydrogen (secondary N) is 2. The minimum atomic E-state index is -3.87. The summed E-state index contributed by atoms with van der Waals surface area (Å²) in [6, 6.07) is 18.1. The second-order valence-corrected chi connectivity index (χ2v) is 9.28. The molecule has 3 aromatic carbocycles. The van der Waals surface area contributed by atoms with Crippen molar-refractivity contribution in [2.24, 2.45) is 0 Å². The lowest BCUT2D eigenvalue weighted by atomic mass is 10.2. The van der Waals surface area contributed by atoms with Gasteiger partial charge in [0, 0.05) is 30.9 Å². The highest BCUT2D eigenvalue weighted by molar-refractivity contribution is 7.92. The minimum absolute atomic E-state index is 0.0639. The lowest BCUT2D eigenvalue weighted by Crippen LogP contribution is -2.25. The molecule has 1 aromatic heterocycles. The Balaban J connectivity index is 1.39. The molecule has 34 heavy (non-hydrogen) atoms. The van der Waals surface area contributed by atoms with Crippen molar-refractivity contribution in [1.29, 1.82) is 0 Å². The Morgan fingerprint density at radius 2 is 1.47 bits per heavy atom. The largest absolute Gasteiger partial charge is 0.329 e. The zero-order valence-electron chi connectivity index (χ0n) is 18.4. The molecule has 0 unspecified atom stereocenters. The van der Waals surface area contributed by atoms with Gasteiger partial charge in [0.15, 0.2) is 0 Å². The molecule has 8 nitrogen and oxygen atoms in total. The fourth-order valence-electron chi connectivity index (χ4n) is 3.68. The maximum absolute atomic E-state index is 13.0. The first-order valence-electron chi connectivity index (χ1n) is 10.6. The van der Waals surface area contributed by atoms with Crippen LogP contribution in [0.3, 0.4) is 0 Å². The van der Waals surface area contributed by atoms with Gasteiger partial charge in [-0.1, -0.05) is 12.1 Å². The van der Waals surface area contributed by atoms with Gasteiger partial charge in [-0.2, -0.15) is 0 Å². The Kier molecular flexibility index (Phi) is 6.51. The third-order valence-electron chi connectivity index (χ3n) is 5.35. The van der Waals surface area contributed by atoms with Gasteiger partial charge >= 0.3 is 5.69 Å². The molecule has 0 saturated carbocycles. The number of sulfonamides is 1. The molecular weight excluding hydrogens is 459 g/mol. The molecular formula is C24H23FN4O4S. The summed E-state index contributed by atoms with van der Waals surface area (Å²) in [5, 5.41) is 2.75. The van der Waals surface area contributed by atoms with E-state index in [-0.39, 0.29) is 29.5 Å². The number of aryl methyl sites for hydroxylation is 2. The molecule has 0 atom stereocenters. The minimum Gasteiger partial charge on any atom is -0.326 e. The standard InChI is InChI=1S/C24H23FN4O4S/c1-2-28-21-5-3-4-6-22(21)29(24(28)31)16-15-23(30)26-18-9-11-19(12-10-18)27-34(32,33)20-13-7-17(25)8-14-20/h3-14,27H,2,15-16H2,1H3,(H,26,30). The second kappa shape index (κ2) is 9.52. The highest BCUT2D eigenvalue weighted by Gasteiger charge is 2.15. The summed E-state index contributed by atoms with van der Waals surface area (Å²) in [5.41, 5.74) is 2.22. The summed E-state index contributed by atoms with van der Waals surface area (Å²) in [6.07, 6.45) is 0.0938. The summed E-state index contributed by atoms with van der Waals surface area (Å²) >= 11 is 0. The summed E-state index contributed by atoms with van der Waals surface area (Å²) in [7, 11) is -3.87. The lowest BCUT2D eigenvalue weighted by Gasteiger charge is -2.10. The molecule has 0 spiro atoms. The second-order valence-electron chi connectivity index (χ2n) is 7.60. The average molecular weight is 483 g/mol. The van der Waals surface area contributed by atoms with E-state index in [4.69, 9.17) is 0 Å². The number of hydrogen-bond donors (Lipinski definition) is 2. The molecule has 0 fully saturated rings. The van der Waals surface area contributed by atoms with Crippen molar-refractivity contribution in [3.05, 3.63) is 89.1 Å². The van der Waals surface area contributed by atoms with E-state index < -0.39 is 15.8 Å². The topological polar surface area (TPSA) is 102 Å². The van der Waals surface area contributed by atoms with Crippen molar-refractivity contribution < 1.29 is 17.6 Å². The Bertz CT molecular complexity index is 1490. The van der Waals surface area contributed by atoms with Crippen LogP contribution >= 0.6 is 0 Å². The van der Waals surface area contributed by atoms with E-state index in [9.17, 15) is 22.4 Å². The Labute approximate surface area is 195 Å². The van der Waals surface area contributed by atoms with Crippen molar-refractivity contribution in [1.82, 2.24) is 9.13 Å². The number of imidazole rings is 1. The molecule has 1 heterocycles. The number of carbonyl (C=O) groups is 1. The quantitative estimate of drug-likeness (QED) is 0.399. The number of rotatable bonds is 8. The van der Waals surface area contributed by atoms with Gasteiger partial charge in [-0.15, -0.1) is 0 Å².